The maximum atomic E-state index is 12.4. The molecule has 0 aliphatic carbocycles. The summed E-state index contributed by atoms with van der Waals surface area (Å²) in [7, 11) is 0. The summed E-state index contributed by atoms with van der Waals surface area (Å²) >= 11 is 1.60. The zero-order valence-electron chi connectivity index (χ0n) is 16.5. The first-order chi connectivity index (χ1) is 14.0. The Morgan fingerprint density at radius 2 is 2.10 bits per heavy atom. The standard InChI is InChI=1S/C20H23N7OS/c1-14-20(29-15(2)23-14)17-5-6-19(28)26(24-17)12-16-7-10-25(11-8-16)18-4-3-9-22-27(18)13-21/h3-6,9,16,22H,7-8,10-12H2,1-2H3. The Morgan fingerprint density at radius 1 is 1.31 bits per heavy atom. The molecule has 29 heavy (non-hydrogen) atoms. The third-order valence-corrected chi connectivity index (χ3v) is 6.34. The number of hydrogen-bond donors (Lipinski definition) is 1. The van der Waals surface area contributed by atoms with Gasteiger partial charge in [-0.3, -0.25) is 10.2 Å². The Bertz CT molecular complexity index is 1050. The molecule has 0 spiro atoms. The van der Waals surface area contributed by atoms with Gasteiger partial charge in [-0.25, -0.2) is 9.67 Å². The van der Waals surface area contributed by atoms with Crippen molar-refractivity contribution in [2.75, 3.05) is 13.1 Å². The number of nitriles is 1. The van der Waals surface area contributed by atoms with E-state index < -0.39 is 0 Å². The van der Waals surface area contributed by atoms with Gasteiger partial charge in [0.25, 0.3) is 5.56 Å². The number of allylic oxidation sites excluding steroid dienone is 2. The first-order valence-electron chi connectivity index (χ1n) is 9.65. The highest BCUT2D eigenvalue weighted by Crippen LogP contribution is 2.28. The number of likely N-dealkylation sites (tertiary alicyclic amines) is 1. The van der Waals surface area contributed by atoms with Crippen LogP contribution in [0.15, 0.2) is 41.1 Å². The summed E-state index contributed by atoms with van der Waals surface area (Å²) in [6, 6.07) is 3.38. The van der Waals surface area contributed by atoms with Crippen molar-refractivity contribution >= 4 is 11.3 Å². The van der Waals surface area contributed by atoms with E-state index in [1.54, 1.807) is 34.4 Å². The molecule has 0 aromatic carbocycles. The van der Waals surface area contributed by atoms with E-state index in [1.807, 2.05) is 26.0 Å². The lowest BCUT2D eigenvalue weighted by atomic mass is 9.97. The lowest BCUT2D eigenvalue weighted by Gasteiger charge is -2.37. The van der Waals surface area contributed by atoms with Crippen molar-refractivity contribution in [2.45, 2.75) is 33.2 Å². The van der Waals surface area contributed by atoms with Crippen LogP contribution in [-0.2, 0) is 6.54 Å². The first-order valence-corrected chi connectivity index (χ1v) is 10.5. The number of hydrogen-bond acceptors (Lipinski definition) is 8. The number of aromatic nitrogens is 3. The van der Waals surface area contributed by atoms with Crippen LogP contribution in [0, 0.1) is 31.2 Å². The van der Waals surface area contributed by atoms with Gasteiger partial charge in [-0.05, 0) is 50.8 Å². The number of nitrogens with one attached hydrogen (secondary N) is 1. The summed E-state index contributed by atoms with van der Waals surface area (Å²) in [5.41, 5.74) is 4.60. The fraction of sp³-hybridized carbons (Fsp3) is 0.400. The minimum absolute atomic E-state index is 0.0740. The van der Waals surface area contributed by atoms with Crippen molar-refractivity contribution in [3.05, 3.63) is 57.4 Å². The molecule has 9 heteroatoms. The number of aryl methyl sites for hydroxylation is 2. The third kappa shape index (κ3) is 4.03. The zero-order chi connectivity index (χ0) is 20.4. The van der Waals surface area contributed by atoms with Crippen molar-refractivity contribution in [3.8, 4) is 16.8 Å². The van der Waals surface area contributed by atoms with Gasteiger partial charge in [-0.1, -0.05) is 0 Å². The molecule has 1 fully saturated rings. The van der Waals surface area contributed by atoms with Crippen molar-refractivity contribution < 1.29 is 0 Å². The highest BCUT2D eigenvalue weighted by molar-refractivity contribution is 7.15. The van der Waals surface area contributed by atoms with E-state index in [0.29, 0.717) is 12.5 Å². The van der Waals surface area contributed by atoms with Gasteiger partial charge in [0.1, 0.15) is 11.5 Å². The van der Waals surface area contributed by atoms with Crippen molar-refractivity contribution in [3.63, 3.8) is 0 Å². The van der Waals surface area contributed by atoms with Crippen LogP contribution < -0.4 is 11.0 Å². The van der Waals surface area contributed by atoms with Crippen molar-refractivity contribution in [1.29, 1.82) is 5.26 Å². The second kappa shape index (κ2) is 8.09. The zero-order valence-corrected chi connectivity index (χ0v) is 17.3. The Hall–Kier alpha value is -3.12. The largest absolute Gasteiger partial charge is 0.356 e. The molecule has 2 aromatic rings. The molecule has 0 bridgehead atoms. The van der Waals surface area contributed by atoms with Crippen molar-refractivity contribution in [1.82, 2.24) is 30.1 Å². The average Bonchev–Trinajstić information content (AvgIpc) is 3.08. The highest BCUT2D eigenvalue weighted by Gasteiger charge is 2.25. The van der Waals surface area contributed by atoms with E-state index in [9.17, 15) is 10.1 Å². The number of hydrazine groups is 1. The van der Waals surface area contributed by atoms with Crippen LogP contribution in [0.4, 0.5) is 0 Å². The number of nitrogens with zero attached hydrogens (tertiary/aromatic N) is 6. The molecule has 1 N–H and O–H groups in total. The molecule has 4 heterocycles. The quantitative estimate of drug-likeness (QED) is 0.775. The van der Waals surface area contributed by atoms with Crippen LogP contribution in [-0.4, -0.2) is 37.8 Å². The molecular formula is C20H23N7OS. The van der Waals surface area contributed by atoms with Crippen LogP contribution in [0.5, 0.6) is 0 Å². The molecule has 1 saturated heterocycles. The van der Waals surface area contributed by atoms with Crippen LogP contribution >= 0.6 is 11.3 Å². The minimum atomic E-state index is -0.0740. The minimum Gasteiger partial charge on any atom is -0.356 e. The highest BCUT2D eigenvalue weighted by atomic mass is 32.1. The number of thiazole rings is 1. The van der Waals surface area contributed by atoms with Crippen LogP contribution in [0.1, 0.15) is 23.5 Å². The van der Waals surface area contributed by atoms with Gasteiger partial charge >= 0.3 is 0 Å². The van der Waals surface area contributed by atoms with Gasteiger partial charge in [-0.2, -0.15) is 15.4 Å². The Balaban J connectivity index is 1.45. The monoisotopic (exact) mass is 409 g/mol. The Kier molecular flexibility index (Phi) is 5.36. The van der Waals surface area contributed by atoms with Gasteiger partial charge in [0.2, 0.25) is 6.19 Å². The molecule has 0 radical (unpaired) electrons. The summed E-state index contributed by atoms with van der Waals surface area (Å²) in [5.74, 6) is 1.24. The fourth-order valence-electron chi connectivity index (χ4n) is 3.78. The summed E-state index contributed by atoms with van der Waals surface area (Å²) < 4.78 is 1.59. The molecule has 2 aromatic heterocycles. The Morgan fingerprint density at radius 3 is 2.79 bits per heavy atom. The van der Waals surface area contributed by atoms with E-state index in [2.05, 4.69) is 26.6 Å². The predicted molar refractivity (Wildman–Crippen MR) is 111 cm³/mol. The summed E-state index contributed by atoms with van der Waals surface area (Å²) in [5, 5.41) is 16.4. The maximum absolute atomic E-state index is 12.4. The lowest BCUT2D eigenvalue weighted by Crippen LogP contribution is -2.44. The molecule has 150 valence electrons. The summed E-state index contributed by atoms with van der Waals surface area (Å²) in [4.78, 5) is 20.1. The van der Waals surface area contributed by atoms with E-state index in [0.717, 1.165) is 53.0 Å². The molecule has 2 aliphatic rings. The molecule has 0 atom stereocenters. The van der Waals surface area contributed by atoms with Crippen LogP contribution in [0.3, 0.4) is 0 Å². The number of rotatable bonds is 4. The van der Waals surface area contributed by atoms with Gasteiger partial charge in [0.15, 0.2) is 0 Å². The van der Waals surface area contributed by atoms with E-state index in [1.165, 1.54) is 5.01 Å². The SMILES string of the molecule is Cc1nc(C)c(-c2ccc(=O)n(CC3CCN(C4=CC=CNN4C#N)CC3)n2)s1. The predicted octanol–water partition coefficient (Wildman–Crippen LogP) is 2.35. The molecule has 4 rings (SSSR count). The second-order valence-corrected chi connectivity index (χ2v) is 8.47. The maximum Gasteiger partial charge on any atom is 0.266 e. The fourth-order valence-corrected chi connectivity index (χ4v) is 4.66. The first kappa shape index (κ1) is 19.2. The van der Waals surface area contributed by atoms with Crippen LogP contribution in [0.25, 0.3) is 10.6 Å². The second-order valence-electron chi connectivity index (χ2n) is 7.27. The van der Waals surface area contributed by atoms with Crippen molar-refractivity contribution in [2.24, 2.45) is 5.92 Å². The smallest absolute Gasteiger partial charge is 0.266 e. The van der Waals surface area contributed by atoms with E-state index >= 15 is 0 Å². The third-order valence-electron chi connectivity index (χ3n) is 5.25. The summed E-state index contributed by atoms with van der Waals surface area (Å²) in [6.45, 7) is 6.24. The van der Waals surface area contributed by atoms with Gasteiger partial charge in [0.05, 0.1) is 15.6 Å². The Labute approximate surface area is 173 Å². The molecule has 0 saturated carbocycles. The van der Waals surface area contributed by atoms with Gasteiger partial charge < -0.3 is 4.90 Å². The lowest BCUT2D eigenvalue weighted by molar-refractivity contribution is 0.159. The van der Waals surface area contributed by atoms with E-state index in [4.69, 9.17) is 0 Å². The van der Waals surface area contributed by atoms with Gasteiger partial charge in [-0.15, -0.1) is 11.3 Å². The average molecular weight is 410 g/mol. The molecule has 0 unspecified atom stereocenters. The molecule has 2 aliphatic heterocycles. The van der Waals surface area contributed by atoms with E-state index in [-0.39, 0.29) is 5.56 Å². The molecular weight excluding hydrogens is 386 g/mol. The summed E-state index contributed by atoms with van der Waals surface area (Å²) in [6.07, 6.45) is 9.59. The number of piperidine rings is 1. The molecule has 0 amide bonds. The van der Waals surface area contributed by atoms with Crippen LogP contribution in [0.2, 0.25) is 0 Å². The normalized spacial score (nSPS) is 17.1. The van der Waals surface area contributed by atoms with Gasteiger partial charge in [0, 0.05) is 31.9 Å². The molecule has 8 nitrogen and oxygen atoms in total. The topological polar surface area (TPSA) is 90.1 Å².